The quantitative estimate of drug-likeness (QED) is 0.807. The van der Waals surface area contributed by atoms with E-state index in [-0.39, 0.29) is 5.78 Å². The predicted octanol–water partition coefficient (Wildman–Crippen LogP) is 1.94. The topological polar surface area (TPSA) is 55.6 Å². The van der Waals surface area contributed by atoms with Gasteiger partial charge in [0.1, 0.15) is 12.4 Å². The van der Waals surface area contributed by atoms with Gasteiger partial charge in [0.25, 0.3) is 0 Å². The van der Waals surface area contributed by atoms with Crippen molar-refractivity contribution in [2.75, 3.05) is 32.8 Å². The molecule has 0 saturated carbocycles. The Hall–Kier alpha value is -1.39. The normalized spacial score (nSPS) is 19.8. The van der Waals surface area contributed by atoms with Crippen molar-refractivity contribution in [3.05, 3.63) is 29.8 Å². The molecule has 4 nitrogen and oxygen atoms in total. The van der Waals surface area contributed by atoms with Crippen molar-refractivity contribution < 1.29 is 9.53 Å². The number of rotatable bonds is 6. The number of para-hydroxylation sites is 1. The lowest BCUT2D eigenvalue weighted by atomic mass is 9.98. The highest BCUT2D eigenvalue weighted by Crippen LogP contribution is 2.19. The third-order valence-electron chi connectivity index (χ3n) is 3.87. The van der Waals surface area contributed by atoms with Gasteiger partial charge in [0.15, 0.2) is 5.78 Å². The fourth-order valence-electron chi connectivity index (χ4n) is 2.71. The number of piperidine rings is 1. The molecule has 110 valence electrons. The molecule has 0 bridgehead atoms. The van der Waals surface area contributed by atoms with Gasteiger partial charge in [-0.2, -0.15) is 0 Å². The Bertz CT molecular complexity index is 448. The smallest absolute Gasteiger partial charge is 0.163 e. The monoisotopic (exact) mass is 276 g/mol. The lowest BCUT2D eigenvalue weighted by Crippen LogP contribution is -2.40. The Morgan fingerprint density at radius 2 is 2.25 bits per heavy atom. The second kappa shape index (κ2) is 7.41. The van der Waals surface area contributed by atoms with Crippen LogP contribution in [0.3, 0.4) is 0 Å². The molecule has 0 amide bonds. The van der Waals surface area contributed by atoms with Crippen LogP contribution in [0.2, 0.25) is 0 Å². The SMILES string of the molecule is CC(=O)c1ccccc1OCCN1CCCC(CN)C1. The predicted molar refractivity (Wildman–Crippen MR) is 80.2 cm³/mol. The van der Waals surface area contributed by atoms with Crippen molar-refractivity contribution in [2.45, 2.75) is 19.8 Å². The Morgan fingerprint density at radius 3 is 3.00 bits per heavy atom. The Morgan fingerprint density at radius 1 is 1.45 bits per heavy atom. The number of Topliss-reactive ketones (excluding diaryl/α,β-unsaturated/α-hetero) is 1. The van der Waals surface area contributed by atoms with Crippen molar-refractivity contribution in [1.29, 1.82) is 0 Å². The fraction of sp³-hybridized carbons (Fsp3) is 0.562. The molecule has 1 atom stereocenters. The highest BCUT2D eigenvalue weighted by molar-refractivity contribution is 5.96. The van der Waals surface area contributed by atoms with Crippen molar-refractivity contribution >= 4 is 5.78 Å². The Labute approximate surface area is 120 Å². The first-order valence-electron chi connectivity index (χ1n) is 7.36. The van der Waals surface area contributed by atoms with Gasteiger partial charge in [-0.1, -0.05) is 12.1 Å². The first-order valence-corrected chi connectivity index (χ1v) is 7.36. The number of nitrogens with two attached hydrogens (primary N) is 1. The molecule has 1 aliphatic rings. The molecule has 0 aromatic heterocycles. The lowest BCUT2D eigenvalue weighted by Gasteiger charge is -2.31. The van der Waals surface area contributed by atoms with E-state index in [1.807, 2.05) is 24.3 Å². The van der Waals surface area contributed by atoms with E-state index in [0.717, 1.165) is 26.2 Å². The van der Waals surface area contributed by atoms with Gasteiger partial charge in [-0.3, -0.25) is 9.69 Å². The molecule has 0 spiro atoms. The van der Waals surface area contributed by atoms with Crippen LogP contribution in [0.5, 0.6) is 5.75 Å². The summed E-state index contributed by atoms with van der Waals surface area (Å²) in [6.45, 7) is 6.02. The minimum absolute atomic E-state index is 0.0433. The van der Waals surface area contributed by atoms with Crippen molar-refractivity contribution in [3.8, 4) is 5.75 Å². The molecular weight excluding hydrogens is 252 g/mol. The summed E-state index contributed by atoms with van der Waals surface area (Å²) in [6, 6.07) is 7.42. The van der Waals surface area contributed by atoms with Crippen LogP contribution in [0, 0.1) is 5.92 Å². The zero-order valence-corrected chi connectivity index (χ0v) is 12.2. The average Bonchev–Trinajstić information content (AvgIpc) is 2.48. The number of ketones is 1. The molecule has 0 radical (unpaired) electrons. The minimum atomic E-state index is 0.0433. The third-order valence-corrected chi connectivity index (χ3v) is 3.87. The minimum Gasteiger partial charge on any atom is -0.491 e. The van der Waals surface area contributed by atoms with Gasteiger partial charge in [-0.15, -0.1) is 0 Å². The summed E-state index contributed by atoms with van der Waals surface area (Å²) in [6.07, 6.45) is 2.45. The lowest BCUT2D eigenvalue weighted by molar-refractivity contribution is 0.101. The van der Waals surface area contributed by atoms with Gasteiger partial charge < -0.3 is 10.5 Å². The maximum absolute atomic E-state index is 11.5. The fourth-order valence-corrected chi connectivity index (χ4v) is 2.71. The number of carbonyl (C=O) groups is 1. The summed E-state index contributed by atoms with van der Waals surface area (Å²) >= 11 is 0. The molecule has 1 aliphatic heterocycles. The maximum atomic E-state index is 11.5. The van der Waals surface area contributed by atoms with Crippen LogP contribution >= 0.6 is 0 Å². The Balaban J connectivity index is 1.82. The molecule has 0 aliphatic carbocycles. The summed E-state index contributed by atoms with van der Waals surface area (Å²) in [7, 11) is 0. The van der Waals surface area contributed by atoms with E-state index in [1.165, 1.54) is 12.8 Å². The van der Waals surface area contributed by atoms with E-state index >= 15 is 0 Å². The first-order chi connectivity index (χ1) is 9.70. The number of ether oxygens (including phenoxy) is 1. The van der Waals surface area contributed by atoms with Crippen molar-refractivity contribution in [3.63, 3.8) is 0 Å². The summed E-state index contributed by atoms with van der Waals surface area (Å²) in [5.74, 6) is 1.35. The first kappa shape index (κ1) is 15.0. The molecule has 4 heteroatoms. The summed E-state index contributed by atoms with van der Waals surface area (Å²) < 4.78 is 5.78. The summed E-state index contributed by atoms with van der Waals surface area (Å²) in [5.41, 5.74) is 6.40. The van der Waals surface area contributed by atoms with Crippen LogP contribution in [0.1, 0.15) is 30.1 Å². The second-order valence-electron chi connectivity index (χ2n) is 5.45. The largest absolute Gasteiger partial charge is 0.491 e. The van der Waals surface area contributed by atoms with Crippen molar-refractivity contribution in [1.82, 2.24) is 4.90 Å². The molecule has 1 aromatic carbocycles. The van der Waals surface area contributed by atoms with Crippen LogP contribution < -0.4 is 10.5 Å². The average molecular weight is 276 g/mol. The molecular formula is C16H24N2O2. The number of carbonyl (C=O) groups excluding carboxylic acids is 1. The molecule has 1 unspecified atom stereocenters. The number of hydrogen-bond donors (Lipinski definition) is 1. The number of hydrogen-bond acceptors (Lipinski definition) is 4. The molecule has 1 saturated heterocycles. The highest BCUT2D eigenvalue weighted by atomic mass is 16.5. The molecule has 2 rings (SSSR count). The zero-order valence-electron chi connectivity index (χ0n) is 12.2. The van der Waals surface area contributed by atoms with Crippen molar-refractivity contribution in [2.24, 2.45) is 11.7 Å². The van der Waals surface area contributed by atoms with Gasteiger partial charge in [0, 0.05) is 13.1 Å². The highest BCUT2D eigenvalue weighted by Gasteiger charge is 2.18. The number of likely N-dealkylation sites (tertiary alicyclic amines) is 1. The standard InChI is InChI=1S/C16H24N2O2/c1-13(19)15-6-2-3-7-16(15)20-10-9-18-8-4-5-14(11-17)12-18/h2-3,6-7,14H,4-5,8-12,17H2,1H3. The van der Waals surface area contributed by atoms with E-state index in [0.29, 0.717) is 23.8 Å². The number of benzene rings is 1. The van der Waals surface area contributed by atoms with Gasteiger partial charge in [0.2, 0.25) is 0 Å². The molecule has 1 aromatic rings. The summed E-state index contributed by atoms with van der Waals surface area (Å²) in [4.78, 5) is 13.9. The second-order valence-corrected chi connectivity index (χ2v) is 5.45. The van der Waals surface area contributed by atoms with Gasteiger partial charge in [0.05, 0.1) is 5.56 Å². The third kappa shape index (κ3) is 4.05. The molecule has 1 fully saturated rings. The van der Waals surface area contributed by atoms with E-state index in [2.05, 4.69) is 4.90 Å². The van der Waals surface area contributed by atoms with E-state index < -0.39 is 0 Å². The van der Waals surface area contributed by atoms with Crippen LogP contribution in [0.4, 0.5) is 0 Å². The van der Waals surface area contributed by atoms with E-state index in [9.17, 15) is 4.79 Å². The maximum Gasteiger partial charge on any atom is 0.163 e. The summed E-state index contributed by atoms with van der Waals surface area (Å²) in [5, 5.41) is 0. The van der Waals surface area contributed by atoms with Gasteiger partial charge in [-0.05, 0) is 50.9 Å². The molecule has 20 heavy (non-hydrogen) atoms. The van der Waals surface area contributed by atoms with Crippen LogP contribution in [0.15, 0.2) is 24.3 Å². The number of nitrogens with zero attached hydrogens (tertiary/aromatic N) is 1. The Kier molecular flexibility index (Phi) is 5.56. The van der Waals surface area contributed by atoms with Crippen LogP contribution in [-0.2, 0) is 0 Å². The zero-order chi connectivity index (χ0) is 14.4. The van der Waals surface area contributed by atoms with Gasteiger partial charge >= 0.3 is 0 Å². The van der Waals surface area contributed by atoms with E-state index in [1.54, 1.807) is 6.92 Å². The van der Waals surface area contributed by atoms with E-state index in [4.69, 9.17) is 10.5 Å². The van der Waals surface area contributed by atoms with Crippen LogP contribution in [0.25, 0.3) is 0 Å². The van der Waals surface area contributed by atoms with Crippen LogP contribution in [-0.4, -0.2) is 43.5 Å². The van der Waals surface area contributed by atoms with Gasteiger partial charge in [-0.25, -0.2) is 0 Å². The molecule has 1 heterocycles. The molecule has 2 N–H and O–H groups in total.